The summed E-state index contributed by atoms with van der Waals surface area (Å²) in [7, 11) is 1.63. The monoisotopic (exact) mass is 366 g/mol. The van der Waals surface area contributed by atoms with Gasteiger partial charge in [-0.25, -0.2) is 0 Å². The number of ether oxygens (including phenoxy) is 1. The van der Waals surface area contributed by atoms with Crippen molar-refractivity contribution >= 4 is 11.8 Å². The van der Waals surface area contributed by atoms with Crippen molar-refractivity contribution < 1.29 is 14.3 Å². The normalized spacial score (nSPS) is 16.4. The summed E-state index contributed by atoms with van der Waals surface area (Å²) in [6, 6.07) is 14.9. The summed E-state index contributed by atoms with van der Waals surface area (Å²) in [5, 5.41) is 2.92. The second kappa shape index (κ2) is 8.25. The van der Waals surface area contributed by atoms with Crippen molar-refractivity contribution in [3.05, 3.63) is 54.1 Å². The van der Waals surface area contributed by atoms with Gasteiger partial charge < -0.3 is 15.0 Å². The molecule has 0 bridgehead atoms. The Hall–Kier alpha value is -2.82. The molecule has 0 aromatic heterocycles. The highest BCUT2D eigenvalue weighted by Gasteiger charge is 2.34. The molecule has 142 valence electrons. The van der Waals surface area contributed by atoms with Crippen LogP contribution in [0, 0.1) is 0 Å². The first-order valence-corrected chi connectivity index (χ1v) is 9.36. The third-order valence-electron chi connectivity index (χ3n) is 4.77. The number of hydrogen-bond acceptors (Lipinski definition) is 3. The molecule has 2 amide bonds. The van der Waals surface area contributed by atoms with Gasteiger partial charge in [0.15, 0.2) is 0 Å². The third kappa shape index (κ3) is 4.13. The van der Waals surface area contributed by atoms with E-state index in [0.29, 0.717) is 18.5 Å². The number of nitrogens with one attached hydrogen (secondary N) is 1. The summed E-state index contributed by atoms with van der Waals surface area (Å²) < 4.78 is 5.44. The summed E-state index contributed by atoms with van der Waals surface area (Å²) in [6.45, 7) is 4.46. The molecule has 1 saturated heterocycles. The van der Waals surface area contributed by atoms with E-state index in [1.54, 1.807) is 18.1 Å². The van der Waals surface area contributed by atoms with E-state index in [1.807, 2.05) is 56.3 Å². The van der Waals surface area contributed by atoms with Crippen molar-refractivity contribution in [1.29, 1.82) is 0 Å². The van der Waals surface area contributed by atoms with E-state index in [9.17, 15) is 9.59 Å². The summed E-state index contributed by atoms with van der Waals surface area (Å²) in [5.74, 6) is 0.586. The Balaban J connectivity index is 1.86. The van der Waals surface area contributed by atoms with Gasteiger partial charge in [0.25, 0.3) is 5.91 Å². The van der Waals surface area contributed by atoms with Gasteiger partial charge >= 0.3 is 0 Å². The van der Waals surface area contributed by atoms with Crippen LogP contribution in [0.1, 0.15) is 37.0 Å². The molecule has 0 radical (unpaired) electrons. The summed E-state index contributed by atoms with van der Waals surface area (Å²) in [4.78, 5) is 27.2. The standard InChI is InChI=1S/C22H26N2O3/c1-15(2)23-21(25)19-11-7-13-24(19)22(26)17-9-6-8-16(14-17)18-10-4-5-12-20(18)27-3/h4-6,8-10,12,14-15,19H,7,11,13H2,1-3H3,(H,23,25)/t19-/m0/s1. The average molecular weight is 366 g/mol. The van der Waals surface area contributed by atoms with E-state index < -0.39 is 6.04 Å². The van der Waals surface area contributed by atoms with Crippen LogP contribution in [0.15, 0.2) is 48.5 Å². The molecule has 0 spiro atoms. The van der Waals surface area contributed by atoms with Crippen LogP contribution < -0.4 is 10.1 Å². The summed E-state index contributed by atoms with van der Waals surface area (Å²) in [6.07, 6.45) is 1.55. The van der Waals surface area contributed by atoms with Crippen LogP contribution in [-0.2, 0) is 4.79 Å². The van der Waals surface area contributed by atoms with E-state index in [-0.39, 0.29) is 17.9 Å². The fourth-order valence-electron chi connectivity index (χ4n) is 3.53. The molecular formula is C22H26N2O3. The molecule has 0 saturated carbocycles. The Bertz CT molecular complexity index is 832. The number of para-hydroxylation sites is 1. The second-order valence-electron chi connectivity index (χ2n) is 7.10. The van der Waals surface area contributed by atoms with Crippen LogP contribution in [0.3, 0.4) is 0 Å². The van der Waals surface area contributed by atoms with Gasteiger partial charge in [0.05, 0.1) is 7.11 Å². The molecule has 3 rings (SSSR count). The largest absolute Gasteiger partial charge is 0.496 e. The zero-order valence-electron chi connectivity index (χ0n) is 16.1. The fourth-order valence-corrected chi connectivity index (χ4v) is 3.53. The smallest absolute Gasteiger partial charge is 0.254 e. The number of carbonyl (C=O) groups excluding carboxylic acids is 2. The van der Waals surface area contributed by atoms with Crippen LogP contribution in [0.25, 0.3) is 11.1 Å². The van der Waals surface area contributed by atoms with Gasteiger partial charge in [-0.3, -0.25) is 9.59 Å². The van der Waals surface area contributed by atoms with Gasteiger partial charge in [-0.1, -0.05) is 30.3 Å². The van der Waals surface area contributed by atoms with E-state index in [2.05, 4.69) is 5.32 Å². The summed E-state index contributed by atoms with van der Waals surface area (Å²) in [5.41, 5.74) is 2.44. The molecule has 1 fully saturated rings. The molecule has 2 aromatic carbocycles. The van der Waals surface area contributed by atoms with Gasteiger partial charge in [0.1, 0.15) is 11.8 Å². The van der Waals surface area contributed by atoms with Crippen molar-refractivity contribution in [3.63, 3.8) is 0 Å². The predicted molar refractivity (Wildman–Crippen MR) is 106 cm³/mol. The lowest BCUT2D eigenvalue weighted by atomic mass is 10.0. The van der Waals surface area contributed by atoms with Gasteiger partial charge in [-0.15, -0.1) is 0 Å². The molecular weight excluding hydrogens is 340 g/mol. The molecule has 27 heavy (non-hydrogen) atoms. The molecule has 5 heteroatoms. The number of likely N-dealkylation sites (tertiary alicyclic amines) is 1. The molecule has 1 N–H and O–H groups in total. The molecule has 0 aliphatic carbocycles. The van der Waals surface area contributed by atoms with Crippen LogP contribution in [0.2, 0.25) is 0 Å². The Morgan fingerprint density at radius 1 is 1.15 bits per heavy atom. The fraction of sp³-hybridized carbons (Fsp3) is 0.364. The first-order chi connectivity index (χ1) is 13.0. The van der Waals surface area contributed by atoms with Crippen molar-refractivity contribution in [2.24, 2.45) is 0 Å². The number of carbonyl (C=O) groups is 2. The first kappa shape index (κ1) is 19.0. The highest BCUT2D eigenvalue weighted by Crippen LogP contribution is 2.30. The number of rotatable bonds is 5. The third-order valence-corrected chi connectivity index (χ3v) is 4.77. The van der Waals surface area contributed by atoms with Crippen molar-refractivity contribution in [2.45, 2.75) is 38.8 Å². The number of nitrogens with zero attached hydrogens (tertiary/aromatic N) is 1. The molecule has 2 aromatic rings. The minimum atomic E-state index is -0.394. The van der Waals surface area contributed by atoms with Crippen LogP contribution in [-0.4, -0.2) is 42.5 Å². The maximum absolute atomic E-state index is 13.1. The molecule has 1 aliphatic rings. The predicted octanol–water partition coefficient (Wildman–Crippen LogP) is 3.49. The van der Waals surface area contributed by atoms with Crippen molar-refractivity contribution in [2.75, 3.05) is 13.7 Å². The molecule has 1 heterocycles. The first-order valence-electron chi connectivity index (χ1n) is 9.36. The highest BCUT2D eigenvalue weighted by molar-refractivity contribution is 5.99. The van der Waals surface area contributed by atoms with Gasteiger partial charge in [0.2, 0.25) is 5.91 Å². The zero-order chi connectivity index (χ0) is 19.4. The minimum absolute atomic E-state index is 0.0592. The number of hydrogen-bond donors (Lipinski definition) is 1. The molecule has 1 atom stereocenters. The van der Waals surface area contributed by atoms with E-state index in [1.165, 1.54) is 0 Å². The summed E-state index contributed by atoms with van der Waals surface area (Å²) >= 11 is 0. The quantitative estimate of drug-likeness (QED) is 0.881. The van der Waals surface area contributed by atoms with Gasteiger partial charge in [-0.05, 0) is 50.5 Å². The molecule has 0 unspecified atom stereocenters. The average Bonchev–Trinajstić information content (AvgIpc) is 3.17. The van der Waals surface area contributed by atoms with Crippen LogP contribution >= 0.6 is 0 Å². The number of methoxy groups -OCH3 is 1. The Morgan fingerprint density at radius 3 is 2.67 bits per heavy atom. The molecule has 1 aliphatic heterocycles. The van der Waals surface area contributed by atoms with Crippen molar-refractivity contribution in [3.8, 4) is 16.9 Å². The van der Waals surface area contributed by atoms with Gasteiger partial charge in [-0.2, -0.15) is 0 Å². The number of benzene rings is 2. The van der Waals surface area contributed by atoms with Crippen LogP contribution in [0.4, 0.5) is 0 Å². The molecule has 5 nitrogen and oxygen atoms in total. The lowest BCUT2D eigenvalue weighted by Gasteiger charge is -2.25. The van der Waals surface area contributed by atoms with E-state index in [4.69, 9.17) is 4.74 Å². The minimum Gasteiger partial charge on any atom is -0.496 e. The zero-order valence-corrected chi connectivity index (χ0v) is 16.1. The topological polar surface area (TPSA) is 58.6 Å². The van der Waals surface area contributed by atoms with E-state index in [0.717, 1.165) is 23.3 Å². The van der Waals surface area contributed by atoms with Gasteiger partial charge in [0, 0.05) is 23.7 Å². The lowest BCUT2D eigenvalue weighted by Crippen LogP contribution is -2.47. The maximum atomic E-state index is 13.1. The van der Waals surface area contributed by atoms with E-state index >= 15 is 0 Å². The maximum Gasteiger partial charge on any atom is 0.254 e. The SMILES string of the molecule is COc1ccccc1-c1cccc(C(=O)N2CCC[C@H]2C(=O)NC(C)C)c1. The second-order valence-corrected chi connectivity index (χ2v) is 7.10. The Kier molecular flexibility index (Phi) is 5.79. The van der Waals surface area contributed by atoms with Crippen LogP contribution in [0.5, 0.6) is 5.75 Å². The highest BCUT2D eigenvalue weighted by atomic mass is 16.5. The lowest BCUT2D eigenvalue weighted by molar-refractivity contribution is -0.125. The Labute approximate surface area is 160 Å². The Morgan fingerprint density at radius 2 is 1.93 bits per heavy atom. The number of amides is 2. The van der Waals surface area contributed by atoms with Crippen molar-refractivity contribution in [1.82, 2.24) is 10.2 Å².